The summed E-state index contributed by atoms with van der Waals surface area (Å²) >= 11 is 0. The van der Waals surface area contributed by atoms with Crippen LogP contribution in [0.3, 0.4) is 0 Å². The number of hydrogen-bond donors (Lipinski definition) is 2. The molecule has 0 aliphatic carbocycles. The number of rotatable bonds is 4. The quantitative estimate of drug-likeness (QED) is 0.890. The zero-order valence-electron chi connectivity index (χ0n) is 11.0. The summed E-state index contributed by atoms with van der Waals surface area (Å²) in [6.07, 6.45) is -4.52. The van der Waals surface area contributed by atoms with Gasteiger partial charge in [0.25, 0.3) is 5.91 Å². The van der Waals surface area contributed by atoms with E-state index in [4.69, 9.17) is 5.73 Å². The van der Waals surface area contributed by atoms with E-state index in [0.717, 1.165) is 0 Å². The molecule has 0 aliphatic heterocycles. The Hall–Kier alpha value is -2.05. The van der Waals surface area contributed by atoms with Crippen LogP contribution >= 0.6 is 0 Å². The fourth-order valence-electron chi connectivity index (χ4n) is 1.64. The molecule has 1 unspecified atom stereocenters. The third kappa shape index (κ3) is 3.97. The van der Waals surface area contributed by atoms with Crippen LogP contribution < -0.4 is 11.1 Å². The normalized spacial score (nSPS) is 13.1. The first-order valence-electron chi connectivity index (χ1n) is 5.90. The number of alkyl halides is 3. The molecule has 0 fully saturated rings. The van der Waals surface area contributed by atoms with Gasteiger partial charge in [0.1, 0.15) is 6.04 Å². The molecule has 0 heterocycles. The van der Waals surface area contributed by atoms with Crippen LogP contribution in [0.4, 0.5) is 13.2 Å². The standard InChI is InChI=1S/C13H15F3N2O2/c1-7(2)10(13(14,15)16)18-12(20)9-5-3-8(4-6-9)11(17)19/h3-7,10H,1-2H3,(H2,17,19)(H,18,20). The third-order valence-corrected chi connectivity index (χ3v) is 2.74. The molecule has 1 aromatic rings. The summed E-state index contributed by atoms with van der Waals surface area (Å²) in [5.74, 6) is -2.31. The molecule has 0 aliphatic rings. The number of carbonyl (C=O) groups excluding carboxylic acids is 2. The number of nitrogens with two attached hydrogens (primary N) is 1. The van der Waals surface area contributed by atoms with Crippen molar-refractivity contribution in [3.63, 3.8) is 0 Å². The van der Waals surface area contributed by atoms with Gasteiger partial charge in [-0.15, -0.1) is 0 Å². The van der Waals surface area contributed by atoms with Crippen molar-refractivity contribution in [2.24, 2.45) is 11.7 Å². The number of nitrogens with one attached hydrogen (secondary N) is 1. The van der Waals surface area contributed by atoms with E-state index in [1.807, 2.05) is 5.32 Å². The highest BCUT2D eigenvalue weighted by molar-refractivity contribution is 5.97. The van der Waals surface area contributed by atoms with Crippen molar-refractivity contribution in [1.29, 1.82) is 0 Å². The van der Waals surface area contributed by atoms with Crippen molar-refractivity contribution in [1.82, 2.24) is 5.32 Å². The number of hydrogen-bond acceptors (Lipinski definition) is 2. The van der Waals surface area contributed by atoms with E-state index < -0.39 is 30.0 Å². The van der Waals surface area contributed by atoms with Gasteiger partial charge in [-0.2, -0.15) is 13.2 Å². The summed E-state index contributed by atoms with van der Waals surface area (Å²) < 4.78 is 38.2. The second-order valence-electron chi connectivity index (χ2n) is 4.68. The van der Waals surface area contributed by atoms with E-state index in [-0.39, 0.29) is 11.1 Å². The summed E-state index contributed by atoms with van der Waals surface area (Å²) in [4.78, 5) is 22.6. The van der Waals surface area contributed by atoms with Crippen molar-refractivity contribution >= 4 is 11.8 Å². The highest BCUT2D eigenvalue weighted by atomic mass is 19.4. The molecule has 1 rings (SSSR count). The summed E-state index contributed by atoms with van der Waals surface area (Å²) in [5.41, 5.74) is 5.24. The van der Waals surface area contributed by atoms with Crippen molar-refractivity contribution in [3.05, 3.63) is 35.4 Å². The smallest absolute Gasteiger partial charge is 0.366 e. The summed E-state index contributed by atoms with van der Waals surface area (Å²) in [6.45, 7) is 2.74. The Balaban J connectivity index is 2.87. The lowest BCUT2D eigenvalue weighted by Crippen LogP contribution is -2.48. The van der Waals surface area contributed by atoms with Crippen molar-refractivity contribution in [2.45, 2.75) is 26.1 Å². The SMILES string of the molecule is CC(C)C(NC(=O)c1ccc(C(N)=O)cc1)C(F)(F)F. The Labute approximate surface area is 114 Å². The Morgan fingerprint density at radius 1 is 1.10 bits per heavy atom. The zero-order valence-corrected chi connectivity index (χ0v) is 11.0. The molecule has 1 atom stereocenters. The molecule has 2 amide bonds. The lowest BCUT2D eigenvalue weighted by Gasteiger charge is -2.24. The average molecular weight is 288 g/mol. The fourth-order valence-corrected chi connectivity index (χ4v) is 1.64. The molecule has 7 heteroatoms. The van der Waals surface area contributed by atoms with Gasteiger partial charge in [-0.1, -0.05) is 13.8 Å². The Kier molecular flexibility index (Phi) is 4.75. The number of primary amides is 1. The highest BCUT2D eigenvalue weighted by Gasteiger charge is 2.42. The molecule has 0 bridgehead atoms. The monoisotopic (exact) mass is 288 g/mol. The second kappa shape index (κ2) is 5.94. The predicted molar refractivity (Wildman–Crippen MR) is 67.1 cm³/mol. The highest BCUT2D eigenvalue weighted by Crippen LogP contribution is 2.25. The van der Waals surface area contributed by atoms with Crippen LogP contribution in [-0.2, 0) is 0 Å². The average Bonchev–Trinajstić information content (AvgIpc) is 2.33. The minimum atomic E-state index is -4.52. The van der Waals surface area contributed by atoms with Gasteiger partial charge >= 0.3 is 6.18 Å². The summed E-state index contributed by atoms with van der Waals surface area (Å²) in [6, 6.07) is 3.15. The molecule has 20 heavy (non-hydrogen) atoms. The van der Waals surface area contributed by atoms with E-state index in [1.165, 1.54) is 38.1 Å². The van der Waals surface area contributed by atoms with Gasteiger partial charge in [-0.3, -0.25) is 9.59 Å². The van der Waals surface area contributed by atoms with Crippen molar-refractivity contribution in [2.75, 3.05) is 0 Å². The topological polar surface area (TPSA) is 72.2 Å². The van der Waals surface area contributed by atoms with Crippen LogP contribution in [0.2, 0.25) is 0 Å². The van der Waals surface area contributed by atoms with Crippen molar-refractivity contribution in [3.8, 4) is 0 Å². The second-order valence-corrected chi connectivity index (χ2v) is 4.68. The van der Waals surface area contributed by atoms with E-state index in [2.05, 4.69) is 0 Å². The Morgan fingerprint density at radius 3 is 1.90 bits per heavy atom. The number of halogens is 3. The largest absolute Gasteiger partial charge is 0.408 e. The van der Waals surface area contributed by atoms with Crippen LogP contribution in [0, 0.1) is 5.92 Å². The van der Waals surface area contributed by atoms with Gasteiger partial charge in [0.05, 0.1) is 0 Å². The summed E-state index contributed by atoms with van der Waals surface area (Å²) in [5, 5.41) is 1.94. The van der Waals surface area contributed by atoms with E-state index in [9.17, 15) is 22.8 Å². The molecule has 4 nitrogen and oxygen atoms in total. The van der Waals surface area contributed by atoms with E-state index in [1.54, 1.807) is 0 Å². The number of amides is 2. The predicted octanol–water partition coefficient (Wildman–Crippen LogP) is 2.10. The van der Waals surface area contributed by atoms with Gasteiger partial charge < -0.3 is 11.1 Å². The van der Waals surface area contributed by atoms with Crippen molar-refractivity contribution < 1.29 is 22.8 Å². The maximum Gasteiger partial charge on any atom is 0.408 e. The van der Waals surface area contributed by atoms with E-state index >= 15 is 0 Å². The molecule has 0 spiro atoms. The van der Waals surface area contributed by atoms with Gasteiger partial charge in [-0.25, -0.2) is 0 Å². The fraction of sp³-hybridized carbons (Fsp3) is 0.385. The molecule has 1 aromatic carbocycles. The van der Waals surface area contributed by atoms with Gasteiger partial charge in [-0.05, 0) is 30.2 Å². The van der Waals surface area contributed by atoms with Gasteiger partial charge in [0.15, 0.2) is 0 Å². The molecule has 0 radical (unpaired) electrons. The molecule has 0 saturated heterocycles. The van der Waals surface area contributed by atoms with Crippen LogP contribution in [0.25, 0.3) is 0 Å². The third-order valence-electron chi connectivity index (χ3n) is 2.74. The molecular formula is C13H15F3N2O2. The first-order chi connectivity index (χ1) is 9.12. The lowest BCUT2D eigenvalue weighted by molar-refractivity contribution is -0.162. The number of benzene rings is 1. The molecule has 0 saturated carbocycles. The first-order valence-corrected chi connectivity index (χ1v) is 5.90. The lowest BCUT2D eigenvalue weighted by atomic mass is 10.0. The molecule has 0 aromatic heterocycles. The summed E-state index contributed by atoms with van der Waals surface area (Å²) in [7, 11) is 0. The Bertz CT molecular complexity index is 495. The first kappa shape index (κ1) is 16.0. The van der Waals surface area contributed by atoms with Crippen LogP contribution in [0.15, 0.2) is 24.3 Å². The van der Waals surface area contributed by atoms with Gasteiger partial charge in [0.2, 0.25) is 5.91 Å². The molecule has 3 N–H and O–H groups in total. The van der Waals surface area contributed by atoms with E-state index in [0.29, 0.717) is 0 Å². The zero-order chi connectivity index (χ0) is 15.5. The van der Waals surface area contributed by atoms with Gasteiger partial charge in [0, 0.05) is 11.1 Å². The van der Waals surface area contributed by atoms with Crippen LogP contribution in [0.5, 0.6) is 0 Å². The van der Waals surface area contributed by atoms with Crippen LogP contribution in [-0.4, -0.2) is 24.0 Å². The number of carbonyl (C=O) groups is 2. The minimum absolute atomic E-state index is 0.0323. The molecule has 110 valence electrons. The Morgan fingerprint density at radius 2 is 1.55 bits per heavy atom. The molecular weight excluding hydrogens is 273 g/mol. The maximum atomic E-state index is 12.7. The minimum Gasteiger partial charge on any atom is -0.366 e. The maximum absolute atomic E-state index is 12.7. The van der Waals surface area contributed by atoms with Crippen LogP contribution in [0.1, 0.15) is 34.6 Å².